The normalized spacial score (nSPS) is 16.7. The lowest BCUT2D eigenvalue weighted by atomic mass is 9.82. The zero-order valence-corrected chi connectivity index (χ0v) is 22.6. The number of benzene rings is 2. The maximum Gasteiger partial charge on any atom is 0.346 e. The van der Waals surface area contributed by atoms with Gasteiger partial charge in [0.15, 0.2) is 0 Å². The molecule has 0 spiro atoms. The van der Waals surface area contributed by atoms with Crippen LogP contribution in [0.1, 0.15) is 35.3 Å². The van der Waals surface area contributed by atoms with Crippen molar-refractivity contribution in [3.8, 4) is 0 Å². The third-order valence-corrected chi connectivity index (χ3v) is 9.10. The Bertz CT molecular complexity index is 1350. The van der Waals surface area contributed by atoms with E-state index >= 15 is 0 Å². The number of rotatable bonds is 3. The highest BCUT2D eigenvalue weighted by atomic mass is 32.2. The molecule has 0 aromatic heterocycles. The molecule has 2 aromatic carbocycles. The molecule has 0 fully saturated rings. The number of hydrogen-bond acceptors (Lipinski definition) is 8. The van der Waals surface area contributed by atoms with Crippen molar-refractivity contribution in [3.63, 3.8) is 0 Å². The van der Waals surface area contributed by atoms with Crippen molar-refractivity contribution in [3.05, 3.63) is 79.0 Å². The minimum Gasteiger partial charge on any atom is -0.465 e. The van der Waals surface area contributed by atoms with E-state index in [4.69, 9.17) is 21.7 Å². The number of carbonyl (C=O) groups excluding carboxylic acids is 3. The van der Waals surface area contributed by atoms with Crippen LogP contribution in [0.5, 0.6) is 0 Å². The van der Waals surface area contributed by atoms with Gasteiger partial charge in [0, 0.05) is 16.7 Å². The molecule has 0 saturated heterocycles. The fraction of sp³-hybridized carbons (Fsp3) is 0.231. The monoisotopic (exact) mass is 543 g/mol. The molecule has 4 rings (SSSR count). The topological polar surface area (TPSA) is 72.9 Å². The molecular weight excluding hydrogens is 521 g/mol. The zero-order chi connectivity index (χ0) is 26.4. The van der Waals surface area contributed by atoms with Crippen molar-refractivity contribution in [2.45, 2.75) is 26.3 Å². The summed E-state index contributed by atoms with van der Waals surface area (Å²) < 4.78 is 23.9. The number of halogens is 1. The molecule has 0 aliphatic carbocycles. The number of thioether (sulfide) groups is 2. The summed E-state index contributed by atoms with van der Waals surface area (Å²) in [6.45, 7) is 5.59. The lowest BCUT2D eigenvalue weighted by Crippen LogP contribution is -2.56. The second-order valence-electron chi connectivity index (χ2n) is 8.56. The summed E-state index contributed by atoms with van der Waals surface area (Å²) in [7, 11) is 2.49. The molecule has 0 saturated carbocycles. The standard InChI is InChI=1S/C26H22FNO5S3/c1-13-6-11-17-16(12-13)18(25-35-19(23(30)32-4)20(36-25)24(31)33-5)21(34)26(2,3)28(17)22(29)14-7-9-15(27)10-8-14/h6-12H,1-5H3. The summed E-state index contributed by atoms with van der Waals surface area (Å²) in [6, 6.07) is 11.0. The quantitative estimate of drug-likeness (QED) is 0.279. The summed E-state index contributed by atoms with van der Waals surface area (Å²) in [5.74, 6) is -2.07. The van der Waals surface area contributed by atoms with Crippen LogP contribution in [-0.2, 0) is 19.1 Å². The van der Waals surface area contributed by atoms with Gasteiger partial charge in [0.25, 0.3) is 5.91 Å². The third kappa shape index (κ3) is 4.38. The van der Waals surface area contributed by atoms with Gasteiger partial charge < -0.3 is 9.47 Å². The van der Waals surface area contributed by atoms with Crippen LogP contribution in [0, 0.1) is 12.7 Å². The molecule has 6 nitrogen and oxygen atoms in total. The smallest absolute Gasteiger partial charge is 0.346 e. The Morgan fingerprint density at radius 2 is 1.50 bits per heavy atom. The summed E-state index contributed by atoms with van der Waals surface area (Å²) >= 11 is 8.16. The Labute approximate surface area is 221 Å². The second-order valence-corrected chi connectivity index (χ2v) is 11.3. The number of fused-ring (bicyclic) bond motifs is 1. The number of amides is 1. The largest absolute Gasteiger partial charge is 0.465 e. The molecule has 10 heteroatoms. The van der Waals surface area contributed by atoms with Crippen molar-refractivity contribution < 1.29 is 28.2 Å². The van der Waals surface area contributed by atoms with Gasteiger partial charge in [0.1, 0.15) is 15.6 Å². The van der Waals surface area contributed by atoms with Crippen molar-refractivity contribution in [2.75, 3.05) is 19.1 Å². The first-order chi connectivity index (χ1) is 17.0. The van der Waals surface area contributed by atoms with Crippen molar-refractivity contribution in [1.29, 1.82) is 0 Å². The first-order valence-electron chi connectivity index (χ1n) is 10.8. The maximum absolute atomic E-state index is 13.7. The fourth-order valence-electron chi connectivity index (χ4n) is 4.02. The Morgan fingerprint density at radius 3 is 2.03 bits per heavy atom. The average molecular weight is 544 g/mol. The Morgan fingerprint density at radius 1 is 0.944 bits per heavy atom. The van der Waals surface area contributed by atoms with E-state index in [1.165, 1.54) is 38.5 Å². The molecule has 186 valence electrons. The summed E-state index contributed by atoms with van der Waals surface area (Å²) in [4.78, 5) is 40.9. The van der Waals surface area contributed by atoms with E-state index in [0.717, 1.165) is 29.1 Å². The number of hydrogen-bond donors (Lipinski definition) is 0. The Balaban J connectivity index is 1.91. The van der Waals surface area contributed by atoms with Gasteiger partial charge in [-0.15, -0.1) is 0 Å². The molecule has 0 radical (unpaired) electrons. The van der Waals surface area contributed by atoms with Crippen LogP contribution in [0.25, 0.3) is 5.57 Å². The highest BCUT2D eigenvalue weighted by molar-refractivity contribution is 8.29. The average Bonchev–Trinajstić information content (AvgIpc) is 3.29. The van der Waals surface area contributed by atoms with Gasteiger partial charge in [0.2, 0.25) is 0 Å². The molecule has 0 N–H and O–H groups in total. The lowest BCUT2D eigenvalue weighted by molar-refractivity contribution is -0.138. The number of anilines is 1. The molecule has 2 aromatic rings. The molecular formula is C26H22FNO5S3. The van der Waals surface area contributed by atoms with Crippen LogP contribution in [0.3, 0.4) is 0 Å². The predicted octanol–water partition coefficient (Wildman–Crippen LogP) is 5.65. The van der Waals surface area contributed by atoms with Gasteiger partial charge in [0.05, 0.1) is 34.5 Å². The van der Waals surface area contributed by atoms with Crippen LogP contribution in [0.15, 0.2) is 56.5 Å². The molecule has 0 atom stereocenters. The lowest BCUT2D eigenvalue weighted by Gasteiger charge is -2.45. The molecule has 36 heavy (non-hydrogen) atoms. The number of thiocarbonyl (C=S) groups is 1. The molecule has 2 aliphatic rings. The number of esters is 2. The highest BCUT2D eigenvalue weighted by Gasteiger charge is 2.46. The van der Waals surface area contributed by atoms with Crippen molar-refractivity contribution >= 4 is 69.7 Å². The molecule has 1 amide bonds. The number of carbonyl (C=O) groups is 3. The third-order valence-electron chi connectivity index (χ3n) is 5.84. The van der Waals surface area contributed by atoms with E-state index in [1.807, 2.05) is 39.0 Å². The van der Waals surface area contributed by atoms with E-state index in [0.29, 0.717) is 31.5 Å². The van der Waals surface area contributed by atoms with Gasteiger partial charge >= 0.3 is 11.9 Å². The van der Waals surface area contributed by atoms with Crippen molar-refractivity contribution in [1.82, 2.24) is 0 Å². The van der Waals surface area contributed by atoms with Gasteiger partial charge in [-0.1, -0.05) is 47.4 Å². The zero-order valence-electron chi connectivity index (χ0n) is 20.1. The van der Waals surface area contributed by atoms with E-state index in [1.54, 1.807) is 4.90 Å². The van der Waals surface area contributed by atoms with Gasteiger partial charge in [-0.3, -0.25) is 9.69 Å². The second kappa shape index (κ2) is 9.84. The van der Waals surface area contributed by atoms with Gasteiger partial charge in [-0.05, 0) is 57.2 Å². The summed E-state index contributed by atoms with van der Waals surface area (Å²) in [5.41, 5.74) is 2.26. The van der Waals surface area contributed by atoms with Crippen LogP contribution < -0.4 is 4.90 Å². The predicted molar refractivity (Wildman–Crippen MR) is 144 cm³/mol. The summed E-state index contributed by atoms with van der Waals surface area (Å²) in [6.07, 6.45) is 0. The van der Waals surface area contributed by atoms with E-state index in [9.17, 15) is 18.8 Å². The molecule has 0 unspecified atom stereocenters. The van der Waals surface area contributed by atoms with Crippen LogP contribution in [-0.4, -0.2) is 42.5 Å². The number of aryl methyl sites for hydroxylation is 1. The van der Waals surface area contributed by atoms with Gasteiger partial charge in [-0.2, -0.15) is 0 Å². The maximum atomic E-state index is 13.7. The minimum absolute atomic E-state index is 0.122. The van der Waals surface area contributed by atoms with E-state index in [-0.39, 0.29) is 15.7 Å². The molecule has 2 aliphatic heterocycles. The van der Waals surface area contributed by atoms with Crippen LogP contribution >= 0.6 is 35.7 Å². The molecule has 2 heterocycles. The van der Waals surface area contributed by atoms with E-state index < -0.39 is 23.3 Å². The van der Waals surface area contributed by atoms with Crippen molar-refractivity contribution in [2.24, 2.45) is 0 Å². The van der Waals surface area contributed by atoms with Gasteiger partial charge in [-0.25, -0.2) is 14.0 Å². The summed E-state index contributed by atoms with van der Waals surface area (Å²) in [5, 5.41) is 0. The van der Waals surface area contributed by atoms with Crippen LogP contribution in [0.4, 0.5) is 10.1 Å². The minimum atomic E-state index is -0.966. The first kappa shape index (κ1) is 26.1. The number of methoxy groups -OCH3 is 2. The first-order valence-corrected chi connectivity index (χ1v) is 12.8. The Hall–Kier alpha value is -2.95. The number of ether oxygens (including phenoxy) is 2. The number of nitrogens with zero attached hydrogens (tertiary/aromatic N) is 1. The fourth-order valence-corrected chi connectivity index (χ4v) is 7.05. The molecule has 0 bridgehead atoms. The van der Waals surface area contributed by atoms with Crippen LogP contribution in [0.2, 0.25) is 0 Å². The SMILES string of the molecule is COC(=O)C1=C(C(=O)OC)SC(=C2C(=S)C(C)(C)N(C(=O)c3ccc(F)cc3)c3ccc(C)cc32)S1. The van der Waals surface area contributed by atoms with E-state index in [2.05, 4.69) is 0 Å². The Kier molecular flexibility index (Phi) is 7.14. The highest BCUT2D eigenvalue weighted by Crippen LogP contribution is 2.56.